The Balaban J connectivity index is 2.51. The molecule has 1 aromatic rings. The van der Waals surface area contributed by atoms with Gasteiger partial charge in [-0.25, -0.2) is 0 Å². The summed E-state index contributed by atoms with van der Waals surface area (Å²) < 4.78 is 10.5. The molecule has 0 bridgehead atoms. The largest absolute Gasteiger partial charge is 0.493 e. The standard InChI is InChI=1S/C11H15NO4/c1-15-9-5-4-8(12)7-10(9)16-6-2-3-11(13)14/h4-5,7H,2-3,6,12H2,1H3,(H,13,14). The summed E-state index contributed by atoms with van der Waals surface area (Å²) in [6.45, 7) is 0.326. The Labute approximate surface area is 93.8 Å². The number of carboxylic acids is 1. The van der Waals surface area contributed by atoms with Crippen molar-refractivity contribution in [2.24, 2.45) is 0 Å². The number of nitrogen functional groups attached to an aromatic ring is 1. The minimum Gasteiger partial charge on any atom is -0.493 e. The number of anilines is 1. The molecule has 0 spiro atoms. The summed E-state index contributed by atoms with van der Waals surface area (Å²) in [5.41, 5.74) is 6.18. The van der Waals surface area contributed by atoms with Gasteiger partial charge in [0.25, 0.3) is 0 Å². The molecule has 0 atom stereocenters. The molecule has 0 aliphatic carbocycles. The lowest BCUT2D eigenvalue weighted by Gasteiger charge is -2.10. The monoisotopic (exact) mass is 225 g/mol. The van der Waals surface area contributed by atoms with Crippen molar-refractivity contribution in [2.75, 3.05) is 19.5 Å². The van der Waals surface area contributed by atoms with Gasteiger partial charge in [0.2, 0.25) is 0 Å². The van der Waals surface area contributed by atoms with E-state index >= 15 is 0 Å². The third kappa shape index (κ3) is 3.68. The summed E-state index contributed by atoms with van der Waals surface area (Å²) in [6, 6.07) is 5.07. The summed E-state index contributed by atoms with van der Waals surface area (Å²) in [6.07, 6.45) is 0.540. The minimum atomic E-state index is -0.830. The highest BCUT2D eigenvalue weighted by atomic mass is 16.5. The predicted octanol–water partition coefficient (Wildman–Crippen LogP) is 1.52. The maximum atomic E-state index is 10.3. The van der Waals surface area contributed by atoms with Crippen LogP contribution in [0.25, 0.3) is 0 Å². The molecule has 16 heavy (non-hydrogen) atoms. The lowest BCUT2D eigenvalue weighted by molar-refractivity contribution is -0.137. The van der Waals surface area contributed by atoms with Crippen molar-refractivity contribution in [1.29, 1.82) is 0 Å². The number of hydrogen-bond donors (Lipinski definition) is 2. The molecule has 0 aliphatic heterocycles. The fraction of sp³-hybridized carbons (Fsp3) is 0.364. The average Bonchev–Trinajstić information content (AvgIpc) is 2.24. The second-order valence-electron chi connectivity index (χ2n) is 3.26. The van der Waals surface area contributed by atoms with Crippen LogP contribution in [0.1, 0.15) is 12.8 Å². The van der Waals surface area contributed by atoms with Crippen LogP contribution in [-0.4, -0.2) is 24.8 Å². The van der Waals surface area contributed by atoms with E-state index in [9.17, 15) is 4.79 Å². The lowest BCUT2D eigenvalue weighted by atomic mass is 10.3. The van der Waals surface area contributed by atoms with Gasteiger partial charge in [0, 0.05) is 18.2 Å². The SMILES string of the molecule is COc1ccc(N)cc1OCCCC(=O)O. The van der Waals surface area contributed by atoms with Gasteiger partial charge in [0.1, 0.15) is 0 Å². The minimum absolute atomic E-state index is 0.0879. The Kier molecular flexibility index (Phi) is 4.44. The second-order valence-corrected chi connectivity index (χ2v) is 3.26. The van der Waals surface area contributed by atoms with Gasteiger partial charge in [-0.3, -0.25) is 4.79 Å². The molecule has 5 nitrogen and oxygen atoms in total. The Bertz CT molecular complexity index is 365. The van der Waals surface area contributed by atoms with Gasteiger partial charge in [0.05, 0.1) is 13.7 Å². The van der Waals surface area contributed by atoms with Crippen LogP contribution in [0.15, 0.2) is 18.2 Å². The molecule has 0 saturated heterocycles. The number of ether oxygens (including phenoxy) is 2. The highest BCUT2D eigenvalue weighted by Gasteiger charge is 2.05. The first-order chi connectivity index (χ1) is 7.63. The highest BCUT2D eigenvalue weighted by Crippen LogP contribution is 2.29. The van der Waals surface area contributed by atoms with E-state index in [2.05, 4.69) is 0 Å². The number of carboxylic acid groups (broad SMARTS) is 1. The number of aliphatic carboxylic acids is 1. The quantitative estimate of drug-likeness (QED) is 0.566. The predicted molar refractivity (Wildman–Crippen MR) is 59.8 cm³/mol. The van der Waals surface area contributed by atoms with E-state index in [1.54, 1.807) is 18.2 Å². The van der Waals surface area contributed by atoms with Crippen LogP contribution in [0.5, 0.6) is 11.5 Å². The van der Waals surface area contributed by atoms with Crippen LogP contribution >= 0.6 is 0 Å². The maximum Gasteiger partial charge on any atom is 0.303 e. The summed E-state index contributed by atoms with van der Waals surface area (Å²) in [5.74, 6) is 0.292. The molecule has 0 radical (unpaired) electrons. The Morgan fingerprint density at radius 3 is 2.81 bits per heavy atom. The van der Waals surface area contributed by atoms with E-state index in [-0.39, 0.29) is 6.42 Å². The number of methoxy groups -OCH3 is 1. The summed E-state index contributed by atoms with van der Waals surface area (Å²) in [4.78, 5) is 10.3. The van der Waals surface area contributed by atoms with Gasteiger partial charge < -0.3 is 20.3 Å². The van der Waals surface area contributed by atoms with Crippen molar-refractivity contribution in [3.05, 3.63) is 18.2 Å². The van der Waals surface area contributed by atoms with E-state index < -0.39 is 5.97 Å². The van der Waals surface area contributed by atoms with Crippen molar-refractivity contribution >= 4 is 11.7 Å². The van der Waals surface area contributed by atoms with Gasteiger partial charge in [-0.2, -0.15) is 0 Å². The average molecular weight is 225 g/mol. The van der Waals surface area contributed by atoms with Crippen molar-refractivity contribution in [3.8, 4) is 11.5 Å². The van der Waals surface area contributed by atoms with E-state index in [0.29, 0.717) is 30.2 Å². The van der Waals surface area contributed by atoms with Gasteiger partial charge >= 0.3 is 5.97 Å². The first-order valence-electron chi connectivity index (χ1n) is 4.91. The number of carbonyl (C=O) groups is 1. The van der Waals surface area contributed by atoms with Crippen molar-refractivity contribution in [1.82, 2.24) is 0 Å². The van der Waals surface area contributed by atoms with Crippen LogP contribution in [-0.2, 0) is 4.79 Å². The molecule has 0 saturated carbocycles. The Hall–Kier alpha value is -1.91. The normalized spacial score (nSPS) is 9.81. The third-order valence-electron chi connectivity index (χ3n) is 1.98. The number of hydrogen-bond acceptors (Lipinski definition) is 4. The zero-order valence-electron chi connectivity index (χ0n) is 9.10. The van der Waals surface area contributed by atoms with Gasteiger partial charge in [-0.1, -0.05) is 0 Å². The topological polar surface area (TPSA) is 81.8 Å². The maximum absolute atomic E-state index is 10.3. The van der Waals surface area contributed by atoms with Crippen LogP contribution in [0, 0.1) is 0 Å². The summed E-state index contributed by atoms with van der Waals surface area (Å²) in [7, 11) is 1.54. The van der Waals surface area contributed by atoms with Crippen LogP contribution in [0.4, 0.5) is 5.69 Å². The summed E-state index contributed by atoms with van der Waals surface area (Å²) >= 11 is 0. The molecule has 0 fully saturated rings. The molecule has 0 unspecified atom stereocenters. The van der Waals surface area contributed by atoms with E-state index in [0.717, 1.165) is 0 Å². The molecule has 0 heterocycles. The number of rotatable bonds is 6. The molecular formula is C11H15NO4. The zero-order valence-corrected chi connectivity index (χ0v) is 9.10. The zero-order chi connectivity index (χ0) is 12.0. The molecule has 5 heteroatoms. The first-order valence-corrected chi connectivity index (χ1v) is 4.91. The van der Waals surface area contributed by atoms with Gasteiger partial charge in [-0.15, -0.1) is 0 Å². The lowest BCUT2D eigenvalue weighted by Crippen LogP contribution is -2.03. The molecule has 1 rings (SSSR count). The molecular weight excluding hydrogens is 210 g/mol. The highest BCUT2D eigenvalue weighted by molar-refractivity contribution is 5.66. The van der Waals surface area contributed by atoms with Crippen molar-refractivity contribution < 1.29 is 19.4 Å². The second kappa shape index (κ2) is 5.85. The molecule has 0 amide bonds. The van der Waals surface area contributed by atoms with Crippen LogP contribution < -0.4 is 15.2 Å². The smallest absolute Gasteiger partial charge is 0.303 e. The van der Waals surface area contributed by atoms with Crippen LogP contribution in [0.2, 0.25) is 0 Å². The fourth-order valence-electron chi connectivity index (χ4n) is 1.21. The van der Waals surface area contributed by atoms with E-state index in [1.165, 1.54) is 7.11 Å². The van der Waals surface area contributed by atoms with Gasteiger partial charge in [0.15, 0.2) is 11.5 Å². The van der Waals surface area contributed by atoms with E-state index in [4.69, 9.17) is 20.3 Å². The van der Waals surface area contributed by atoms with Gasteiger partial charge in [-0.05, 0) is 18.6 Å². The molecule has 1 aromatic carbocycles. The molecule has 0 aliphatic rings. The van der Waals surface area contributed by atoms with E-state index in [1.807, 2.05) is 0 Å². The number of benzene rings is 1. The molecule has 88 valence electrons. The fourth-order valence-corrected chi connectivity index (χ4v) is 1.21. The third-order valence-corrected chi connectivity index (χ3v) is 1.98. The van der Waals surface area contributed by atoms with Crippen LogP contribution in [0.3, 0.4) is 0 Å². The Morgan fingerprint density at radius 2 is 2.19 bits per heavy atom. The summed E-state index contributed by atoms with van der Waals surface area (Å²) in [5, 5.41) is 8.46. The van der Waals surface area contributed by atoms with Crippen molar-refractivity contribution in [3.63, 3.8) is 0 Å². The van der Waals surface area contributed by atoms with Crippen molar-refractivity contribution in [2.45, 2.75) is 12.8 Å². The molecule has 0 aromatic heterocycles. The molecule has 3 N–H and O–H groups in total. The first kappa shape index (κ1) is 12.2. The number of nitrogens with two attached hydrogens (primary N) is 1. The Morgan fingerprint density at radius 1 is 1.44 bits per heavy atom.